The van der Waals surface area contributed by atoms with E-state index >= 15 is 0 Å². The van der Waals surface area contributed by atoms with E-state index in [-0.39, 0.29) is 12.0 Å². The highest BCUT2D eigenvalue weighted by Crippen LogP contribution is 2.23. The minimum atomic E-state index is -0.400. The van der Waals surface area contributed by atoms with Gasteiger partial charge in [-0.25, -0.2) is 9.07 Å². The van der Waals surface area contributed by atoms with Gasteiger partial charge in [0.15, 0.2) is 5.82 Å². The number of amides is 1. The first-order chi connectivity index (χ1) is 12.6. The van der Waals surface area contributed by atoms with Crippen LogP contribution in [0, 0.1) is 5.82 Å². The zero-order valence-electron chi connectivity index (χ0n) is 14.4. The summed E-state index contributed by atoms with van der Waals surface area (Å²) in [6, 6.07) is 10.1. The van der Waals surface area contributed by atoms with Crippen molar-refractivity contribution in [3.63, 3.8) is 0 Å². The van der Waals surface area contributed by atoms with Crippen molar-refractivity contribution < 1.29 is 13.9 Å². The molecule has 1 amide bonds. The molecule has 0 spiro atoms. The highest BCUT2D eigenvalue weighted by atomic mass is 19.1. The van der Waals surface area contributed by atoms with Crippen molar-refractivity contribution >= 4 is 5.91 Å². The van der Waals surface area contributed by atoms with Gasteiger partial charge in [0.25, 0.3) is 5.91 Å². The Kier molecular flexibility index (Phi) is 4.30. The number of halogens is 1. The van der Waals surface area contributed by atoms with Gasteiger partial charge in [-0.1, -0.05) is 12.1 Å². The number of ether oxygens (including phenoxy) is 1. The molecule has 134 valence electrons. The summed E-state index contributed by atoms with van der Waals surface area (Å²) >= 11 is 0. The quantitative estimate of drug-likeness (QED) is 0.727. The lowest BCUT2D eigenvalue weighted by atomic mass is 10.2. The van der Waals surface area contributed by atoms with Crippen molar-refractivity contribution in [2.45, 2.75) is 13.0 Å². The first kappa shape index (κ1) is 16.5. The van der Waals surface area contributed by atoms with Gasteiger partial charge in [-0.2, -0.15) is 5.10 Å². The van der Waals surface area contributed by atoms with Gasteiger partial charge in [0.05, 0.1) is 18.9 Å². The Morgan fingerprint density at radius 3 is 2.73 bits per heavy atom. The molecule has 0 radical (unpaired) electrons. The van der Waals surface area contributed by atoms with E-state index < -0.39 is 5.82 Å². The van der Waals surface area contributed by atoms with Crippen LogP contribution in [0.25, 0.3) is 11.5 Å². The molecule has 0 bridgehead atoms. The normalized spacial score (nSPS) is 17.5. The third kappa shape index (κ3) is 2.90. The van der Waals surface area contributed by atoms with E-state index in [1.807, 2.05) is 31.5 Å². The van der Waals surface area contributed by atoms with Crippen LogP contribution in [0.4, 0.5) is 4.39 Å². The Morgan fingerprint density at radius 2 is 2.00 bits per heavy atom. The molecule has 1 atom stereocenters. The summed E-state index contributed by atoms with van der Waals surface area (Å²) in [7, 11) is 0. The van der Waals surface area contributed by atoms with E-state index in [1.165, 1.54) is 16.9 Å². The lowest BCUT2D eigenvalue weighted by molar-refractivity contribution is -0.0124. The highest BCUT2D eigenvalue weighted by molar-refractivity contribution is 5.97. The predicted octanol–water partition coefficient (Wildman–Crippen LogP) is 2.66. The summed E-state index contributed by atoms with van der Waals surface area (Å²) in [5, 5.41) is 4.32. The molecule has 0 unspecified atom stereocenters. The third-order valence-corrected chi connectivity index (χ3v) is 4.43. The van der Waals surface area contributed by atoms with Crippen LogP contribution in [0.1, 0.15) is 17.3 Å². The van der Waals surface area contributed by atoms with E-state index in [9.17, 15) is 9.18 Å². The van der Waals surface area contributed by atoms with E-state index in [4.69, 9.17) is 4.74 Å². The highest BCUT2D eigenvalue weighted by Gasteiger charge is 2.28. The van der Waals surface area contributed by atoms with Crippen molar-refractivity contribution in [1.29, 1.82) is 0 Å². The number of hydrogen-bond donors (Lipinski definition) is 0. The maximum atomic E-state index is 14.3. The van der Waals surface area contributed by atoms with Crippen LogP contribution in [-0.4, -0.2) is 51.0 Å². The summed E-state index contributed by atoms with van der Waals surface area (Å²) in [5.74, 6) is -0.0151. The van der Waals surface area contributed by atoms with E-state index in [0.29, 0.717) is 36.8 Å². The molecule has 2 aromatic heterocycles. The molecule has 0 aliphatic carbocycles. The van der Waals surface area contributed by atoms with Crippen molar-refractivity contribution in [3.8, 4) is 11.5 Å². The Hall–Kier alpha value is -2.93. The smallest absolute Gasteiger partial charge is 0.259 e. The first-order valence-electron chi connectivity index (χ1n) is 8.52. The number of benzene rings is 1. The maximum absolute atomic E-state index is 14.3. The zero-order chi connectivity index (χ0) is 18.1. The minimum Gasteiger partial charge on any atom is -0.375 e. The molecule has 1 aliphatic heterocycles. The second kappa shape index (κ2) is 6.76. The van der Waals surface area contributed by atoms with Crippen LogP contribution in [-0.2, 0) is 4.74 Å². The van der Waals surface area contributed by atoms with Gasteiger partial charge in [0, 0.05) is 25.5 Å². The number of aromatic nitrogens is 3. The van der Waals surface area contributed by atoms with Crippen LogP contribution in [0.15, 0.2) is 55.0 Å². The average molecular weight is 354 g/mol. The molecular formula is C19H19FN4O2. The number of nitrogens with zero attached hydrogens (tertiary/aromatic N) is 4. The fraction of sp³-hybridized carbons (Fsp3) is 0.263. The SMILES string of the molecule is C[C@H]1CN(C(=O)c2cnn(-c3ccccc3F)c2-n2cccc2)CCO1. The van der Waals surface area contributed by atoms with Crippen molar-refractivity contribution in [1.82, 2.24) is 19.2 Å². The van der Waals surface area contributed by atoms with Crippen LogP contribution in [0.5, 0.6) is 0 Å². The van der Waals surface area contributed by atoms with Crippen molar-refractivity contribution in [2.75, 3.05) is 19.7 Å². The monoisotopic (exact) mass is 354 g/mol. The molecule has 1 saturated heterocycles. The Labute approximate surface area is 150 Å². The molecule has 7 heteroatoms. The molecule has 4 rings (SSSR count). The maximum Gasteiger partial charge on any atom is 0.259 e. The fourth-order valence-electron chi connectivity index (χ4n) is 3.19. The lowest BCUT2D eigenvalue weighted by Gasteiger charge is -2.31. The van der Waals surface area contributed by atoms with E-state index in [0.717, 1.165) is 0 Å². The van der Waals surface area contributed by atoms with Crippen LogP contribution >= 0.6 is 0 Å². The zero-order valence-corrected chi connectivity index (χ0v) is 14.4. The molecule has 0 saturated carbocycles. The summed E-state index contributed by atoms with van der Waals surface area (Å²) in [5.41, 5.74) is 0.726. The van der Waals surface area contributed by atoms with Gasteiger partial charge in [-0.3, -0.25) is 4.79 Å². The van der Waals surface area contributed by atoms with Gasteiger partial charge in [-0.15, -0.1) is 0 Å². The molecule has 1 aromatic carbocycles. The predicted molar refractivity (Wildman–Crippen MR) is 94.2 cm³/mol. The van der Waals surface area contributed by atoms with Crippen LogP contribution in [0.2, 0.25) is 0 Å². The number of hydrogen-bond acceptors (Lipinski definition) is 3. The lowest BCUT2D eigenvalue weighted by Crippen LogP contribution is -2.44. The Bertz CT molecular complexity index is 920. The summed E-state index contributed by atoms with van der Waals surface area (Å²) in [4.78, 5) is 14.9. The van der Waals surface area contributed by atoms with Gasteiger partial charge in [0.2, 0.25) is 0 Å². The summed E-state index contributed by atoms with van der Waals surface area (Å²) < 4.78 is 23.1. The molecule has 6 nitrogen and oxygen atoms in total. The number of rotatable bonds is 3. The first-order valence-corrected chi connectivity index (χ1v) is 8.52. The molecule has 1 aliphatic rings. The molecular weight excluding hydrogens is 335 g/mol. The molecule has 26 heavy (non-hydrogen) atoms. The van der Waals surface area contributed by atoms with Crippen molar-refractivity contribution in [3.05, 3.63) is 66.4 Å². The van der Waals surface area contributed by atoms with E-state index in [2.05, 4.69) is 5.10 Å². The van der Waals surface area contributed by atoms with Crippen molar-refractivity contribution in [2.24, 2.45) is 0 Å². The topological polar surface area (TPSA) is 52.3 Å². The largest absolute Gasteiger partial charge is 0.375 e. The van der Waals surface area contributed by atoms with Gasteiger partial charge >= 0.3 is 0 Å². The van der Waals surface area contributed by atoms with Gasteiger partial charge in [-0.05, 0) is 31.2 Å². The van der Waals surface area contributed by atoms with Crippen LogP contribution in [0.3, 0.4) is 0 Å². The average Bonchev–Trinajstić information content (AvgIpc) is 3.31. The number of para-hydroxylation sites is 1. The molecule has 0 N–H and O–H groups in total. The van der Waals surface area contributed by atoms with Gasteiger partial charge < -0.3 is 14.2 Å². The number of carbonyl (C=O) groups is 1. The molecule has 3 aromatic rings. The second-order valence-electron chi connectivity index (χ2n) is 6.27. The Balaban J connectivity index is 1.81. The van der Waals surface area contributed by atoms with E-state index in [1.54, 1.807) is 27.7 Å². The number of carbonyl (C=O) groups excluding carboxylic acids is 1. The molecule has 3 heterocycles. The summed E-state index contributed by atoms with van der Waals surface area (Å²) in [6.45, 7) is 3.50. The number of morpholine rings is 1. The standard InChI is InChI=1S/C19H19FN4O2/c1-14-13-23(10-11-26-14)19(25)15-12-21-24(17-7-3-2-6-16(17)20)18(15)22-8-4-5-9-22/h2-9,12,14H,10-11,13H2,1H3/t14-/m0/s1. The second-order valence-corrected chi connectivity index (χ2v) is 6.27. The van der Waals surface area contributed by atoms with Gasteiger partial charge in [0.1, 0.15) is 17.1 Å². The molecule has 1 fully saturated rings. The van der Waals surface area contributed by atoms with Crippen LogP contribution < -0.4 is 0 Å². The third-order valence-electron chi connectivity index (χ3n) is 4.43. The summed E-state index contributed by atoms with van der Waals surface area (Å²) in [6.07, 6.45) is 5.12. The minimum absolute atomic E-state index is 0.00987. The Morgan fingerprint density at radius 1 is 1.23 bits per heavy atom. The fourth-order valence-corrected chi connectivity index (χ4v) is 3.19.